The number of hydrogen-bond acceptors (Lipinski definition) is 3. The van der Waals surface area contributed by atoms with Gasteiger partial charge in [-0.3, -0.25) is 4.99 Å². The van der Waals surface area contributed by atoms with Crippen LogP contribution in [0.1, 0.15) is 52.7 Å². The van der Waals surface area contributed by atoms with E-state index in [9.17, 15) is 22.4 Å². The lowest BCUT2D eigenvalue weighted by atomic mass is 9.89. The van der Waals surface area contributed by atoms with Crippen molar-refractivity contribution in [2.24, 2.45) is 10.7 Å². The van der Waals surface area contributed by atoms with Gasteiger partial charge in [-0.25, -0.2) is 9.18 Å². The van der Waals surface area contributed by atoms with E-state index in [1.165, 1.54) is 24.3 Å². The maximum Gasteiger partial charge on any atom is 0.416 e. The van der Waals surface area contributed by atoms with Crippen LogP contribution in [0, 0.1) is 5.82 Å². The summed E-state index contributed by atoms with van der Waals surface area (Å²) in [7, 11) is 0. The van der Waals surface area contributed by atoms with Crippen molar-refractivity contribution >= 4 is 29.0 Å². The summed E-state index contributed by atoms with van der Waals surface area (Å²) in [5, 5.41) is 8.95. The number of carbonyl (C=O) groups is 1. The number of carboxylic acid groups (broad SMARTS) is 1. The highest BCUT2D eigenvalue weighted by molar-refractivity contribution is 6.31. The summed E-state index contributed by atoms with van der Waals surface area (Å²) in [6, 6.07) is 6.96. The quantitative estimate of drug-likeness (QED) is 0.549. The summed E-state index contributed by atoms with van der Waals surface area (Å²) in [6.45, 7) is -0.291. The molecule has 1 aliphatic rings. The van der Waals surface area contributed by atoms with E-state index in [0.29, 0.717) is 24.1 Å². The van der Waals surface area contributed by atoms with Gasteiger partial charge in [-0.1, -0.05) is 17.7 Å². The van der Waals surface area contributed by atoms with Crippen molar-refractivity contribution in [1.29, 1.82) is 0 Å². The average Bonchev–Trinajstić information content (AvgIpc) is 2.71. The molecule has 0 unspecified atom stereocenters. The Morgan fingerprint density at radius 1 is 1.16 bits per heavy atom. The van der Waals surface area contributed by atoms with Gasteiger partial charge in [0.1, 0.15) is 5.82 Å². The van der Waals surface area contributed by atoms with Gasteiger partial charge in [-0.2, -0.15) is 13.2 Å². The predicted molar refractivity (Wildman–Crippen MR) is 111 cm³/mol. The number of carboxylic acids is 1. The van der Waals surface area contributed by atoms with Gasteiger partial charge in [0.15, 0.2) is 0 Å². The van der Waals surface area contributed by atoms with Crippen molar-refractivity contribution in [3.05, 3.63) is 75.1 Å². The summed E-state index contributed by atoms with van der Waals surface area (Å²) in [5.74, 6) is -2.06. The highest BCUT2D eigenvalue weighted by atomic mass is 35.5. The molecule has 31 heavy (non-hydrogen) atoms. The van der Waals surface area contributed by atoms with Gasteiger partial charge in [0.2, 0.25) is 0 Å². The van der Waals surface area contributed by atoms with Crippen LogP contribution in [0.5, 0.6) is 0 Å². The Kier molecular flexibility index (Phi) is 6.69. The number of benzene rings is 2. The minimum Gasteiger partial charge on any atom is -0.478 e. The van der Waals surface area contributed by atoms with Crippen LogP contribution < -0.4 is 5.73 Å². The highest BCUT2D eigenvalue weighted by Crippen LogP contribution is 2.36. The Morgan fingerprint density at radius 2 is 1.87 bits per heavy atom. The van der Waals surface area contributed by atoms with E-state index in [2.05, 4.69) is 4.99 Å². The number of aromatic carboxylic acids is 1. The molecule has 0 aliphatic heterocycles. The second-order valence-electron chi connectivity index (χ2n) is 7.13. The van der Waals surface area contributed by atoms with Crippen molar-refractivity contribution in [3.8, 4) is 0 Å². The first-order valence-electron chi connectivity index (χ1n) is 9.49. The Bertz CT molecular complexity index is 1080. The van der Waals surface area contributed by atoms with E-state index in [1.807, 2.05) is 0 Å². The molecule has 4 nitrogen and oxygen atoms in total. The molecule has 0 atom stereocenters. The van der Waals surface area contributed by atoms with Gasteiger partial charge in [0, 0.05) is 27.6 Å². The minimum atomic E-state index is -4.57. The zero-order valence-corrected chi connectivity index (χ0v) is 17.0. The van der Waals surface area contributed by atoms with E-state index >= 15 is 0 Å². The number of halogens is 5. The second kappa shape index (κ2) is 9.09. The second-order valence-corrected chi connectivity index (χ2v) is 7.53. The molecule has 1 aliphatic carbocycles. The Labute approximate surface area is 181 Å². The largest absolute Gasteiger partial charge is 0.478 e. The van der Waals surface area contributed by atoms with Crippen LogP contribution in [-0.4, -0.2) is 16.8 Å². The van der Waals surface area contributed by atoms with Gasteiger partial charge in [0.05, 0.1) is 17.7 Å². The van der Waals surface area contributed by atoms with Crippen molar-refractivity contribution in [2.75, 3.05) is 0 Å². The topological polar surface area (TPSA) is 75.7 Å². The molecule has 164 valence electrons. The fourth-order valence-corrected chi connectivity index (χ4v) is 3.78. The lowest BCUT2D eigenvalue weighted by Gasteiger charge is -2.21. The van der Waals surface area contributed by atoms with E-state index in [-0.39, 0.29) is 34.0 Å². The molecule has 3 rings (SSSR count). The molecule has 0 spiro atoms. The fraction of sp³-hybridized carbons (Fsp3) is 0.273. The Morgan fingerprint density at radius 3 is 2.52 bits per heavy atom. The number of nitrogens with two attached hydrogens (primary N) is 1. The number of aliphatic imine (C=N–C) groups is 1. The van der Waals surface area contributed by atoms with Gasteiger partial charge in [-0.15, -0.1) is 0 Å². The van der Waals surface area contributed by atoms with Crippen LogP contribution >= 0.6 is 11.6 Å². The van der Waals surface area contributed by atoms with Crippen LogP contribution in [0.4, 0.5) is 17.6 Å². The predicted octanol–water partition coefficient (Wildman–Crippen LogP) is 6.08. The molecular weight excluding hydrogens is 436 g/mol. The van der Waals surface area contributed by atoms with E-state index in [4.69, 9.17) is 22.4 Å². The maximum atomic E-state index is 14.5. The molecule has 2 aromatic carbocycles. The zero-order chi connectivity index (χ0) is 22.8. The minimum absolute atomic E-state index is 0.0309. The molecule has 1 fully saturated rings. The van der Waals surface area contributed by atoms with E-state index < -0.39 is 23.5 Å². The number of allylic oxidation sites excluding steroid dienone is 1. The third kappa shape index (κ3) is 5.07. The number of nitrogens with zero attached hydrogens (tertiary/aromatic N) is 1. The van der Waals surface area contributed by atoms with Crippen molar-refractivity contribution in [2.45, 2.75) is 38.4 Å². The van der Waals surface area contributed by atoms with E-state index in [1.54, 1.807) is 0 Å². The number of hydrogen-bond donors (Lipinski definition) is 2. The third-order valence-corrected chi connectivity index (χ3v) is 5.48. The van der Waals surface area contributed by atoms with E-state index in [0.717, 1.165) is 25.0 Å². The first kappa shape index (κ1) is 22.8. The zero-order valence-electron chi connectivity index (χ0n) is 16.3. The van der Waals surface area contributed by atoms with Crippen LogP contribution in [-0.2, 0) is 12.7 Å². The van der Waals surface area contributed by atoms with Crippen molar-refractivity contribution < 1.29 is 27.5 Å². The van der Waals surface area contributed by atoms with Crippen molar-refractivity contribution in [1.82, 2.24) is 0 Å². The van der Waals surface area contributed by atoms with Crippen LogP contribution in [0.25, 0.3) is 5.70 Å². The highest BCUT2D eigenvalue weighted by Gasteiger charge is 2.34. The van der Waals surface area contributed by atoms with Gasteiger partial charge >= 0.3 is 12.1 Å². The van der Waals surface area contributed by atoms with Crippen LogP contribution in [0.15, 0.2) is 47.0 Å². The standard InChI is InChI=1S/C22H19ClF4N2O2/c23-17-6-3-5-16(22(25,26)27)15(17)11-29-19-7-2-1-4-14(19)20(28)13-9-8-12(21(30)31)10-18(13)24/h3,5-6,8-10H,1-2,4,7,11,28H2,(H,30,31). The molecule has 0 heterocycles. The molecule has 0 saturated heterocycles. The summed E-state index contributed by atoms with van der Waals surface area (Å²) in [6.07, 6.45) is -2.07. The molecule has 9 heteroatoms. The lowest BCUT2D eigenvalue weighted by Crippen LogP contribution is -2.17. The number of rotatable bonds is 4. The molecule has 0 bridgehead atoms. The molecular formula is C22H19ClF4N2O2. The van der Waals surface area contributed by atoms with Crippen molar-refractivity contribution in [3.63, 3.8) is 0 Å². The lowest BCUT2D eigenvalue weighted by molar-refractivity contribution is -0.138. The summed E-state index contributed by atoms with van der Waals surface area (Å²) < 4.78 is 54.5. The van der Waals surface area contributed by atoms with Crippen LogP contribution in [0.2, 0.25) is 5.02 Å². The molecule has 2 aromatic rings. The first-order valence-corrected chi connectivity index (χ1v) is 9.87. The molecule has 0 radical (unpaired) electrons. The monoisotopic (exact) mass is 454 g/mol. The molecule has 0 amide bonds. The average molecular weight is 455 g/mol. The van der Waals surface area contributed by atoms with Gasteiger partial charge < -0.3 is 10.8 Å². The molecule has 3 N–H and O–H groups in total. The SMILES string of the molecule is NC(=C1CCCCC1=NCc1c(Cl)cccc1C(F)(F)F)c1ccc(C(=O)O)cc1F. The van der Waals surface area contributed by atoms with Crippen LogP contribution in [0.3, 0.4) is 0 Å². The van der Waals surface area contributed by atoms with Gasteiger partial charge in [0.25, 0.3) is 0 Å². The molecule has 1 saturated carbocycles. The first-order chi connectivity index (χ1) is 14.6. The number of alkyl halides is 3. The maximum absolute atomic E-state index is 14.5. The van der Waals surface area contributed by atoms with Gasteiger partial charge in [-0.05, 0) is 61.6 Å². The normalized spacial score (nSPS) is 17.6. The molecule has 0 aromatic heterocycles. The third-order valence-electron chi connectivity index (χ3n) is 5.12. The summed E-state index contributed by atoms with van der Waals surface area (Å²) >= 11 is 6.01. The smallest absolute Gasteiger partial charge is 0.416 e. The fourth-order valence-electron chi connectivity index (χ4n) is 3.54. The Hall–Kier alpha value is -2.87. The summed E-state index contributed by atoms with van der Waals surface area (Å²) in [5.41, 5.74) is 6.17. The Balaban J connectivity index is 2.00. The summed E-state index contributed by atoms with van der Waals surface area (Å²) in [4.78, 5) is 15.4.